The predicted octanol–water partition coefficient (Wildman–Crippen LogP) is 2.62. The molecule has 0 N–H and O–H groups in total. The Morgan fingerprint density at radius 1 is 1.23 bits per heavy atom. The van der Waals surface area contributed by atoms with Crippen LogP contribution in [0.5, 0.6) is 5.75 Å². The van der Waals surface area contributed by atoms with E-state index in [4.69, 9.17) is 4.74 Å². The van der Waals surface area contributed by atoms with Gasteiger partial charge in [0.05, 0.1) is 11.2 Å². The Balaban J connectivity index is 1.70. The number of benzene rings is 2. The molecule has 26 heavy (non-hydrogen) atoms. The Morgan fingerprint density at radius 2 is 2.00 bits per heavy atom. The van der Waals surface area contributed by atoms with Crippen molar-refractivity contribution in [1.29, 1.82) is 0 Å². The number of Topliss-reactive ketones (excluding diaryl/α,β-unsaturated/α-hetero) is 1. The average Bonchev–Trinajstić information content (AvgIpc) is 3.09. The normalized spacial score (nSPS) is 17.7. The second-order valence-electron chi connectivity index (χ2n) is 6.40. The maximum Gasteiger partial charge on any atom is 0.267 e. The first-order valence-electron chi connectivity index (χ1n) is 8.40. The molecule has 7 nitrogen and oxygen atoms in total. The van der Waals surface area contributed by atoms with Gasteiger partial charge < -0.3 is 9.64 Å². The van der Waals surface area contributed by atoms with Gasteiger partial charge in [0.15, 0.2) is 11.9 Å². The highest BCUT2D eigenvalue weighted by molar-refractivity contribution is 6.04. The van der Waals surface area contributed by atoms with Gasteiger partial charge in [0.25, 0.3) is 5.91 Å². The predicted molar refractivity (Wildman–Crippen MR) is 96.5 cm³/mol. The Kier molecular flexibility index (Phi) is 3.72. The molecule has 3 aromatic rings. The third-order valence-corrected chi connectivity index (χ3v) is 4.71. The fraction of sp³-hybridized carbons (Fsp3) is 0.263. The lowest BCUT2D eigenvalue weighted by atomic mass is 10.0. The highest BCUT2D eigenvalue weighted by atomic mass is 16.5. The molecule has 1 aromatic heterocycles. The van der Waals surface area contributed by atoms with Crippen LogP contribution in [0.4, 0.5) is 5.69 Å². The number of ketones is 1. The van der Waals surface area contributed by atoms with Crippen molar-refractivity contribution in [3.63, 3.8) is 0 Å². The summed E-state index contributed by atoms with van der Waals surface area (Å²) in [6, 6.07) is 12.1. The Bertz CT molecular complexity index is 1030. The molecule has 2 atom stereocenters. The SMILES string of the molecule is CC1Oc2ccc(C(=O)C(C)n3nnc4ccccc43)cc2N(C)C1=O. The molecule has 132 valence electrons. The highest BCUT2D eigenvalue weighted by Gasteiger charge is 2.30. The van der Waals surface area contributed by atoms with Gasteiger partial charge in [-0.25, -0.2) is 4.68 Å². The molecule has 0 saturated carbocycles. The Morgan fingerprint density at radius 3 is 2.81 bits per heavy atom. The Labute approximate surface area is 150 Å². The number of aromatic nitrogens is 3. The molecule has 7 heteroatoms. The maximum absolute atomic E-state index is 13.0. The second-order valence-corrected chi connectivity index (χ2v) is 6.40. The van der Waals surface area contributed by atoms with Crippen molar-refractivity contribution in [1.82, 2.24) is 15.0 Å². The lowest BCUT2D eigenvalue weighted by Crippen LogP contribution is -2.42. The number of anilines is 1. The van der Waals surface area contributed by atoms with E-state index < -0.39 is 12.1 Å². The molecule has 2 heterocycles. The topological polar surface area (TPSA) is 77.3 Å². The van der Waals surface area contributed by atoms with Gasteiger partial charge in [-0.2, -0.15) is 0 Å². The molecule has 0 radical (unpaired) electrons. The van der Waals surface area contributed by atoms with E-state index >= 15 is 0 Å². The fourth-order valence-electron chi connectivity index (χ4n) is 3.19. The van der Waals surface area contributed by atoms with Gasteiger partial charge in [-0.1, -0.05) is 17.3 Å². The summed E-state index contributed by atoms with van der Waals surface area (Å²) < 4.78 is 7.23. The summed E-state index contributed by atoms with van der Waals surface area (Å²) in [5.41, 5.74) is 2.63. The Hall–Kier alpha value is -3.22. The van der Waals surface area contributed by atoms with Gasteiger partial charge in [-0.15, -0.1) is 5.10 Å². The number of fused-ring (bicyclic) bond motifs is 2. The zero-order valence-electron chi connectivity index (χ0n) is 14.7. The lowest BCUT2D eigenvalue weighted by Gasteiger charge is -2.30. The van der Waals surface area contributed by atoms with E-state index in [-0.39, 0.29) is 11.7 Å². The first kappa shape index (κ1) is 16.3. The summed E-state index contributed by atoms with van der Waals surface area (Å²) in [4.78, 5) is 26.6. The molecular formula is C19H18N4O3. The average molecular weight is 350 g/mol. The number of para-hydroxylation sites is 1. The molecule has 1 amide bonds. The van der Waals surface area contributed by atoms with E-state index in [9.17, 15) is 9.59 Å². The number of nitrogens with zero attached hydrogens (tertiary/aromatic N) is 4. The van der Waals surface area contributed by atoms with Crippen LogP contribution in [0.15, 0.2) is 42.5 Å². The van der Waals surface area contributed by atoms with Crippen LogP contribution >= 0.6 is 0 Å². The van der Waals surface area contributed by atoms with E-state index in [1.54, 1.807) is 43.8 Å². The van der Waals surface area contributed by atoms with Gasteiger partial charge in [0.1, 0.15) is 17.3 Å². The van der Waals surface area contributed by atoms with E-state index in [2.05, 4.69) is 10.3 Å². The quantitative estimate of drug-likeness (QED) is 0.679. The van der Waals surface area contributed by atoms with Crippen molar-refractivity contribution in [2.75, 3.05) is 11.9 Å². The van der Waals surface area contributed by atoms with Crippen molar-refractivity contribution in [3.05, 3.63) is 48.0 Å². The maximum atomic E-state index is 13.0. The van der Waals surface area contributed by atoms with Crippen LogP contribution in [0.2, 0.25) is 0 Å². The summed E-state index contributed by atoms with van der Waals surface area (Å²) in [5, 5.41) is 8.23. The molecule has 4 rings (SSSR count). The van der Waals surface area contributed by atoms with Crippen molar-refractivity contribution in [2.45, 2.75) is 26.0 Å². The van der Waals surface area contributed by atoms with Crippen LogP contribution in [0.1, 0.15) is 30.2 Å². The molecule has 1 aliphatic heterocycles. The first-order chi connectivity index (χ1) is 12.5. The number of carbonyl (C=O) groups excluding carboxylic acids is 2. The number of hydrogen-bond acceptors (Lipinski definition) is 5. The summed E-state index contributed by atoms with van der Waals surface area (Å²) in [6.07, 6.45) is -0.533. The van der Waals surface area contributed by atoms with E-state index in [1.807, 2.05) is 24.3 Å². The van der Waals surface area contributed by atoms with E-state index in [1.165, 1.54) is 4.90 Å². The van der Waals surface area contributed by atoms with E-state index in [0.29, 0.717) is 17.0 Å². The minimum Gasteiger partial charge on any atom is -0.479 e. The summed E-state index contributed by atoms with van der Waals surface area (Å²) in [6.45, 7) is 3.50. The first-order valence-corrected chi connectivity index (χ1v) is 8.40. The molecule has 0 bridgehead atoms. The van der Waals surface area contributed by atoms with Gasteiger partial charge in [0.2, 0.25) is 0 Å². The molecule has 0 aliphatic carbocycles. The smallest absolute Gasteiger partial charge is 0.267 e. The van der Waals surface area contributed by atoms with Crippen LogP contribution in [0.3, 0.4) is 0 Å². The largest absolute Gasteiger partial charge is 0.479 e. The molecule has 2 unspecified atom stereocenters. The monoisotopic (exact) mass is 350 g/mol. The van der Waals surface area contributed by atoms with Crippen LogP contribution in [0.25, 0.3) is 11.0 Å². The number of likely N-dealkylation sites (N-methyl/N-ethyl adjacent to an activating group) is 1. The summed E-state index contributed by atoms with van der Waals surface area (Å²) in [7, 11) is 1.68. The zero-order chi connectivity index (χ0) is 18.4. The number of rotatable bonds is 3. The fourth-order valence-corrected chi connectivity index (χ4v) is 3.19. The molecule has 2 aromatic carbocycles. The number of ether oxygens (including phenoxy) is 1. The van der Waals surface area contributed by atoms with Crippen LogP contribution in [-0.2, 0) is 4.79 Å². The zero-order valence-corrected chi connectivity index (χ0v) is 14.7. The van der Waals surface area contributed by atoms with E-state index in [0.717, 1.165) is 11.0 Å². The highest BCUT2D eigenvalue weighted by Crippen LogP contribution is 2.34. The summed E-state index contributed by atoms with van der Waals surface area (Å²) in [5.74, 6) is 0.343. The van der Waals surface area contributed by atoms with Gasteiger partial charge in [-0.3, -0.25) is 9.59 Å². The number of hydrogen-bond donors (Lipinski definition) is 0. The number of carbonyl (C=O) groups is 2. The van der Waals surface area contributed by atoms with Gasteiger partial charge >= 0.3 is 0 Å². The lowest BCUT2D eigenvalue weighted by molar-refractivity contribution is -0.125. The standard InChI is InChI=1S/C19H18N4O3/c1-11(23-15-7-5-4-6-14(15)20-21-23)18(24)13-8-9-17-16(10-13)22(3)19(25)12(2)26-17/h4-12H,1-3H3. The minimum atomic E-state index is -0.533. The molecule has 0 fully saturated rings. The second kappa shape index (κ2) is 5.94. The van der Waals surface area contributed by atoms with Crippen molar-refractivity contribution in [2.24, 2.45) is 0 Å². The molecule has 1 aliphatic rings. The molecule has 0 saturated heterocycles. The third-order valence-electron chi connectivity index (χ3n) is 4.71. The summed E-state index contributed by atoms with van der Waals surface area (Å²) >= 11 is 0. The van der Waals surface area contributed by atoms with Crippen molar-refractivity contribution < 1.29 is 14.3 Å². The van der Waals surface area contributed by atoms with Crippen LogP contribution in [0, 0.1) is 0 Å². The van der Waals surface area contributed by atoms with Gasteiger partial charge in [-0.05, 0) is 44.2 Å². The van der Waals surface area contributed by atoms with Crippen LogP contribution < -0.4 is 9.64 Å². The van der Waals surface area contributed by atoms with Crippen LogP contribution in [-0.4, -0.2) is 39.8 Å². The van der Waals surface area contributed by atoms with Crippen molar-refractivity contribution in [3.8, 4) is 5.75 Å². The number of amides is 1. The molecular weight excluding hydrogens is 332 g/mol. The van der Waals surface area contributed by atoms with Crippen molar-refractivity contribution >= 4 is 28.4 Å². The molecule has 0 spiro atoms. The third kappa shape index (κ3) is 2.44. The minimum absolute atomic E-state index is 0.108. The van der Waals surface area contributed by atoms with Gasteiger partial charge in [0, 0.05) is 12.6 Å².